The zero-order chi connectivity index (χ0) is 31.8. The Morgan fingerprint density at radius 2 is 1.60 bits per heavy atom. The Labute approximate surface area is 267 Å². The van der Waals surface area contributed by atoms with Gasteiger partial charge in [-0.25, -0.2) is 9.78 Å². The highest BCUT2D eigenvalue weighted by Gasteiger charge is 2.23. The van der Waals surface area contributed by atoms with Gasteiger partial charge in [-0.05, 0) is 102 Å². The molecular weight excluding hydrogens is 562 g/mol. The number of piperidine rings is 1. The molecular formula is C37H45N5O3. The van der Waals surface area contributed by atoms with E-state index in [9.17, 15) is 4.79 Å². The molecule has 236 valence electrons. The molecule has 0 bridgehead atoms. The molecule has 1 aliphatic rings. The Hall–Kier alpha value is -4.43. The lowest BCUT2D eigenvalue weighted by Crippen LogP contribution is -2.34. The van der Waals surface area contributed by atoms with E-state index in [2.05, 4.69) is 47.2 Å². The van der Waals surface area contributed by atoms with Crippen LogP contribution in [0.25, 0.3) is 0 Å². The number of carbonyl (C=O) groups excluding carboxylic acids is 1. The summed E-state index contributed by atoms with van der Waals surface area (Å²) in [5.41, 5.74) is 6.98. The van der Waals surface area contributed by atoms with Gasteiger partial charge in [-0.3, -0.25) is 4.90 Å². The predicted octanol–water partition coefficient (Wildman–Crippen LogP) is 8.22. The summed E-state index contributed by atoms with van der Waals surface area (Å²) >= 11 is 0. The van der Waals surface area contributed by atoms with Gasteiger partial charge in [0.2, 0.25) is 5.95 Å². The molecule has 1 saturated heterocycles. The number of nitrogens with zero attached hydrogens (tertiary/aromatic N) is 4. The number of aryl methyl sites for hydroxylation is 5. The topological polar surface area (TPSA) is 79.8 Å². The maximum absolute atomic E-state index is 13.8. The van der Waals surface area contributed by atoms with E-state index in [0.29, 0.717) is 30.7 Å². The van der Waals surface area contributed by atoms with E-state index in [1.807, 2.05) is 57.2 Å². The molecule has 8 nitrogen and oxygen atoms in total. The first-order valence-corrected chi connectivity index (χ1v) is 15.9. The SMILES string of the molecule is Cc1cc(C)cc(CN(C(=O)Oc2c(C)cc(C)cc2C)c2ccnc(Nc3cccc(OCCCN4CCCCC4)c3)n2)c1. The van der Waals surface area contributed by atoms with Crippen LogP contribution in [-0.4, -0.2) is 47.2 Å². The van der Waals surface area contributed by atoms with Crippen molar-refractivity contribution in [1.82, 2.24) is 14.9 Å². The van der Waals surface area contributed by atoms with Crippen LogP contribution in [0.1, 0.15) is 59.1 Å². The Balaban J connectivity index is 1.32. The molecule has 0 aliphatic carbocycles. The molecule has 1 aromatic heterocycles. The number of carbonyl (C=O) groups is 1. The van der Waals surface area contributed by atoms with Crippen LogP contribution in [0.2, 0.25) is 0 Å². The van der Waals surface area contributed by atoms with Crippen molar-refractivity contribution in [2.45, 2.75) is 66.8 Å². The van der Waals surface area contributed by atoms with Crippen LogP contribution in [0.5, 0.6) is 11.5 Å². The Bertz CT molecular complexity index is 1570. The summed E-state index contributed by atoms with van der Waals surface area (Å²) in [6.45, 7) is 14.5. The zero-order valence-corrected chi connectivity index (χ0v) is 27.2. The van der Waals surface area contributed by atoms with Gasteiger partial charge in [-0.1, -0.05) is 59.5 Å². The molecule has 1 N–H and O–H groups in total. The number of benzene rings is 3. The average Bonchev–Trinajstić information content (AvgIpc) is 3.00. The van der Waals surface area contributed by atoms with Gasteiger partial charge >= 0.3 is 6.09 Å². The number of rotatable bonds is 11. The van der Waals surface area contributed by atoms with Crippen molar-refractivity contribution in [1.29, 1.82) is 0 Å². The standard InChI is InChI=1S/C37H45N5O3/c1-26-19-27(2)23-31(22-26)25-42(37(43)45-35-29(4)20-28(3)21-30(35)5)34-13-14-38-36(40-34)39-32-11-9-12-33(24-32)44-18-10-17-41-15-7-6-8-16-41/h9,11-14,19-24H,6-8,10,15-18,25H2,1-5H3,(H,38,39,40). The van der Waals surface area contributed by atoms with Gasteiger partial charge in [0.15, 0.2) is 0 Å². The summed E-state index contributed by atoms with van der Waals surface area (Å²) < 4.78 is 12.1. The predicted molar refractivity (Wildman–Crippen MR) is 181 cm³/mol. The summed E-state index contributed by atoms with van der Waals surface area (Å²) in [6, 6.07) is 19.8. The van der Waals surface area contributed by atoms with Gasteiger partial charge in [0.1, 0.15) is 17.3 Å². The van der Waals surface area contributed by atoms with Crippen LogP contribution in [0, 0.1) is 34.6 Å². The van der Waals surface area contributed by atoms with Crippen molar-refractivity contribution in [2.75, 3.05) is 36.5 Å². The summed E-state index contributed by atoms with van der Waals surface area (Å²) in [5, 5.41) is 3.29. The van der Waals surface area contributed by atoms with Crippen molar-refractivity contribution in [3.05, 3.63) is 100 Å². The zero-order valence-electron chi connectivity index (χ0n) is 27.2. The minimum absolute atomic E-state index is 0.294. The number of hydrogen-bond donors (Lipinski definition) is 1. The molecule has 1 amide bonds. The van der Waals surface area contributed by atoms with Crippen LogP contribution in [-0.2, 0) is 6.54 Å². The summed E-state index contributed by atoms with van der Waals surface area (Å²) in [4.78, 5) is 27.1. The van der Waals surface area contributed by atoms with Crippen molar-refractivity contribution in [3.8, 4) is 11.5 Å². The molecule has 5 rings (SSSR count). The van der Waals surface area contributed by atoms with E-state index in [4.69, 9.17) is 14.5 Å². The normalized spacial score (nSPS) is 13.4. The van der Waals surface area contributed by atoms with Gasteiger partial charge in [0.25, 0.3) is 0 Å². The number of anilines is 3. The maximum Gasteiger partial charge on any atom is 0.421 e. The number of amides is 1. The molecule has 1 aliphatic heterocycles. The second-order valence-corrected chi connectivity index (χ2v) is 12.2. The molecule has 2 heterocycles. The molecule has 0 saturated carbocycles. The number of nitrogens with one attached hydrogen (secondary N) is 1. The first kappa shape index (κ1) is 32.0. The van der Waals surface area contributed by atoms with E-state index in [1.54, 1.807) is 17.2 Å². The fraction of sp³-hybridized carbons (Fsp3) is 0.378. The number of aromatic nitrogens is 2. The summed E-state index contributed by atoms with van der Waals surface area (Å²) in [6.07, 6.45) is 6.09. The van der Waals surface area contributed by atoms with E-state index < -0.39 is 6.09 Å². The summed E-state index contributed by atoms with van der Waals surface area (Å²) in [5.74, 6) is 2.16. The Morgan fingerprint density at radius 3 is 2.33 bits per heavy atom. The highest BCUT2D eigenvalue weighted by atomic mass is 16.6. The smallest absolute Gasteiger partial charge is 0.421 e. The van der Waals surface area contributed by atoms with E-state index in [0.717, 1.165) is 57.8 Å². The van der Waals surface area contributed by atoms with Gasteiger partial charge < -0.3 is 19.7 Å². The van der Waals surface area contributed by atoms with E-state index in [-0.39, 0.29) is 0 Å². The first-order chi connectivity index (χ1) is 21.7. The second kappa shape index (κ2) is 15.0. The molecule has 45 heavy (non-hydrogen) atoms. The Morgan fingerprint density at radius 1 is 0.889 bits per heavy atom. The van der Waals surface area contributed by atoms with Crippen molar-refractivity contribution >= 4 is 23.5 Å². The minimum atomic E-state index is -0.506. The van der Waals surface area contributed by atoms with Crippen molar-refractivity contribution in [2.24, 2.45) is 0 Å². The second-order valence-electron chi connectivity index (χ2n) is 12.2. The molecule has 0 atom stereocenters. The average molecular weight is 608 g/mol. The number of likely N-dealkylation sites (tertiary alicyclic amines) is 1. The molecule has 0 unspecified atom stereocenters. The Kier molecular flexibility index (Phi) is 10.7. The molecule has 8 heteroatoms. The maximum atomic E-state index is 13.8. The fourth-order valence-electron chi connectivity index (χ4n) is 6.07. The van der Waals surface area contributed by atoms with Crippen LogP contribution in [0.3, 0.4) is 0 Å². The van der Waals surface area contributed by atoms with Gasteiger partial charge in [0, 0.05) is 24.5 Å². The van der Waals surface area contributed by atoms with Crippen LogP contribution in [0.4, 0.5) is 22.2 Å². The van der Waals surface area contributed by atoms with E-state index >= 15 is 0 Å². The van der Waals surface area contributed by atoms with Gasteiger partial charge in [-0.15, -0.1) is 0 Å². The van der Waals surface area contributed by atoms with Gasteiger partial charge in [-0.2, -0.15) is 4.98 Å². The molecule has 1 fully saturated rings. The first-order valence-electron chi connectivity index (χ1n) is 15.9. The third-order valence-corrected chi connectivity index (χ3v) is 7.98. The lowest BCUT2D eigenvalue weighted by atomic mass is 10.1. The van der Waals surface area contributed by atoms with Crippen molar-refractivity contribution < 1.29 is 14.3 Å². The van der Waals surface area contributed by atoms with E-state index in [1.165, 1.54) is 32.4 Å². The highest BCUT2D eigenvalue weighted by molar-refractivity contribution is 5.88. The molecule has 4 aromatic rings. The van der Waals surface area contributed by atoms with Crippen molar-refractivity contribution in [3.63, 3.8) is 0 Å². The third kappa shape index (κ3) is 9.05. The molecule has 0 spiro atoms. The van der Waals surface area contributed by atoms with Crippen LogP contribution >= 0.6 is 0 Å². The number of hydrogen-bond acceptors (Lipinski definition) is 7. The number of ether oxygens (including phenoxy) is 2. The van der Waals surface area contributed by atoms with Crippen LogP contribution < -0.4 is 19.7 Å². The lowest BCUT2D eigenvalue weighted by Gasteiger charge is -2.26. The molecule has 3 aromatic carbocycles. The third-order valence-electron chi connectivity index (χ3n) is 7.98. The molecule has 0 radical (unpaired) electrons. The van der Waals surface area contributed by atoms with Gasteiger partial charge in [0.05, 0.1) is 13.2 Å². The fourth-order valence-corrected chi connectivity index (χ4v) is 6.07. The largest absolute Gasteiger partial charge is 0.493 e. The lowest BCUT2D eigenvalue weighted by molar-refractivity contribution is 0.205. The monoisotopic (exact) mass is 607 g/mol. The summed E-state index contributed by atoms with van der Waals surface area (Å²) in [7, 11) is 0. The minimum Gasteiger partial charge on any atom is -0.493 e. The quantitative estimate of drug-likeness (QED) is 0.172. The van der Waals surface area contributed by atoms with Crippen LogP contribution in [0.15, 0.2) is 66.9 Å². The highest BCUT2D eigenvalue weighted by Crippen LogP contribution is 2.28.